The van der Waals surface area contributed by atoms with Crippen molar-refractivity contribution in [1.82, 2.24) is 14.3 Å². The maximum atomic E-state index is 13.0. The first-order valence-corrected chi connectivity index (χ1v) is 10.3. The minimum Gasteiger partial charge on any atom is -0.444 e. The third kappa shape index (κ3) is 3.36. The SMILES string of the molecule is CC(C)(C)OC(=O)N1C2CCCCC2C[C@@H]1c1cn2cc(Br)ccc2n1. The molecule has 5 nitrogen and oxygen atoms in total. The van der Waals surface area contributed by atoms with Crippen LogP contribution in [0.2, 0.25) is 0 Å². The van der Waals surface area contributed by atoms with Crippen molar-refractivity contribution in [3.05, 3.63) is 34.7 Å². The monoisotopic (exact) mass is 419 g/mol. The molecule has 2 fully saturated rings. The van der Waals surface area contributed by atoms with Crippen molar-refractivity contribution in [2.75, 3.05) is 0 Å². The first-order chi connectivity index (χ1) is 12.3. The summed E-state index contributed by atoms with van der Waals surface area (Å²) >= 11 is 3.51. The highest BCUT2D eigenvalue weighted by Crippen LogP contribution is 2.46. The van der Waals surface area contributed by atoms with Crippen molar-refractivity contribution in [3.63, 3.8) is 0 Å². The maximum Gasteiger partial charge on any atom is 0.411 e. The molecule has 1 aliphatic carbocycles. The molecule has 1 saturated carbocycles. The second-order valence-corrected chi connectivity index (χ2v) is 9.45. The summed E-state index contributed by atoms with van der Waals surface area (Å²) in [6, 6.07) is 4.26. The van der Waals surface area contributed by atoms with Crippen LogP contribution in [0.3, 0.4) is 0 Å². The number of amides is 1. The van der Waals surface area contributed by atoms with Gasteiger partial charge in [-0.15, -0.1) is 0 Å². The van der Waals surface area contributed by atoms with E-state index in [0.29, 0.717) is 5.92 Å². The van der Waals surface area contributed by atoms with E-state index in [4.69, 9.17) is 9.72 Å². The lowest BCUT2D eigenvalue weighted by molar-refractivity contribution is 0.00985. The molecule has 4 rings (SSSR count). The number of imidazole rings is 1. The van der Waals surface area contributed by atoms with E-state index in [9.17, 15) is 4.79 Å². The van der Waals surface area contributed by atoms with Crippen molar-refractivity contribution in [1.29, 1.82) is 0 Å². The number of hydrogen-bond donors (Lipinski definition) is 0. The van der Waals surface area contributed by atoms with Crippen LogP contribution < -0.4 is 0 Å². The molecule has 0 aromatic carbocycles. The van der Waals surface area contributed by atoms with E-state index in [2.05, 4.69) is 22.1 Å². The summed E-state index contributed by atoms with van der Waals surface area (Å²) in [5, 5.41) is 0. The van der Waals surface area contributed by atoms with E-state index in [1.807, 2.05) is 48.4 Å². The van der Waals surface area contributed by atoms with Gasteiger partial charge in [-0.25, -0.2) is 9.78 Å². The van der Waals surface area contributed by atoms with Crippen LogP contribution in [-0.2, 0) is 4.74 Å². The zero-order valence-electron chi connectivity index (χ0n) is 15.6. The lowest BCUT2D eigenvalue weighted by atomic mass is 9.84. The Morgan fingerprint density at radius 2 is 2.00 bits per heavy atom. The van der Waals surface area contributed by atoms with Crippen LogP contribution in [0.4, 0.5) is 4.79 Å². The lowest BCUT2D eigenvalue weighted by Crippen LogP contribution is -2.43. The van der Waals surface area contributed by atoms with Gasteiger partial charge in [-0.1, -0.05) is 12.8 Å². The number of nitrogens with zero attached hydrogens (tertiary/aromatic N) is 3. The fourth-order valence-electron chi connectivity index (χ4n) is 4.45. The van der Waals surface area contributed by atoms with Crippen molar-refractivity contribution < 1.29 is 9.53 Å². The Morgan fingerprint density at radius 3 is 2.77 bits per heavy atom. The van der Waals surface area contributed by atoms with Crippen LogP contribution in [0.5, 0.6) is 0 Å². The summed E-state index contributed by atoms with van der Waals surface area (Å²) in [5.74, 6) is 0.554. The Bertz CT molecular complexity index is 826. The van der Waals surface area contributed by atoms with Gasteiger partial charge in [-0.2, -0.15) is 0 Å². The van der Waals surface area contributed by atoms with Gasteiger partial charge in [0.1, 0.15) is 11.2 Å². The van der Waals surface area contributed by atoms with Crippen LogP contribution in [0, 0.1) is 5.92 Å². The molecule has 2 aromatic heterocycles. The highest BCUT2D eigenvalue weighted by Gasteiger charge is 2.47. The fraction of sp³-hybridized carbons (Fsp3) is 0.600. The smallest absolute Gasteiger partial charge is 0.411 e. The molecule has 2 aliphatic rings. The number of rotatable bonds is 1. The van der Waals surface area contributed by atoms with Crippen molar-refractivity contribution in [2.24, 2.45) is 5.92 Å². The number of pyridine rings is 1. The molecule has 2 unspecified atom stereocenters. The molecular formula is C20H26BrN3O2. The molecule has 6 heteroatoms. The predicted octanol–water partition coefficient (Wildman–Crippen LogP) is 5.34. The van der Waals surface area contributed by atoms with Crippen molar-refractivity contribution in [3.8, 4) is 0 Å². The van der Waals surface area contributed by atoms with Crippen LogP contribution >= 0.6 is 15.9 Å². The molecule has 0 spiro atoms. The fourth-order valence-corrected chi connectivity index (χ4v) is 4.80. The number of carbonyl (C=O) groups excluding carboxylic acids is 1. The number of fused-ring (bicyclic) bond motifs is 2. The average Bonchev–Trinajstić information content (AvgIpc) is 3.13. The van der Waals surface area contributed by atoms with Gasteiger partial charge in [-0.05, 0) is 74.0 Å². The average molecular weight is 420 g/mol. The molecular weight excluding hydrogens is 394 g/mol. The highest BCUT2D eigenvalue weighted by atomic mass is 79.9. The molecule has 140 valence electrons. The number of hydrogen-bond acceptors (Lipinski definition) is 3. The molecule has 3 atom stereocenters. The topological polar surface area (TPSA) is 46.8 Å². The second kappa shape index (κ2) is 6.55. The lowest BCUT2D eigenvalue weighted by Gasteiger charge is -2.34. The van der Waals surface area contributed by atoms with Crippen molar-refractivity contribution >= 4 is 27.7 Å². The minimum atomic E-state index is -0.488. The quantitative estimate of drug-likeness (QED) is 0.626. The first-order valence-electron chi connectivity index (χ1n) is 9.47. The standard InChI is InChI=1S/C20H26BrN3O2/c1-20(2,3)26-19(25)24-16-7-5-4-6-13(16)10-17(24)15-12-23-11-14(21)8-9-18(23)22-15/h8-9,11-13,16-17H,4-7,10H2,1-3H3/t13?,16?,17-/m1/s1. The zero-order valence-corrected chi connectivity index (χ0v) is 17.2. The predicted molar refractivity (Wildman–Crippen MR) is 104 cm³/mol. The molecule has 0 N–H and O–H groups in total. The minimum absolute atomic E-state index is 0.00312. The molecule has 1 saturated heterocycles. The highest BCUT2D eigenvalue weighted by molar-refractivity contribution is 9.10. The number of halogens is 1. The van der Waals surface area contributed by atoms with E-state index in [1.54, 1.807) is 0 Å². The van der Waals surface area contributed by atoms with Gasteiger partial charge < -0.3 is 9.14 Å². The van der Waals surface area contributed by atoms with E-state index >= 15 is 0 Å². The van der Waals surface area contributed by atoms with E-state index in [1.165, 1.54) is 19.3 Å². The van der Waals surface area contributed by atoms with Gasteiger partial charge in [0.2, 0.25) is 0 Å². The maximum absolute atomic E-state index is 13.0. The molecule has 1 aliphatic heterocycles. The van der Waals surface area contributed by atoms with E-state index in [-0.39, 0.29) is 18.2 Å². The van der Waals surface area contributed by atoms with Crippen LogP contribution in [-0.4, -0.2) is 32.0 Å². The van der Waals surface area contributed by atoms with Crippen LogP contribution in [0.15, 0.2) is 29.0 Å². The Morgan fingerprint density at radius 1 is 1.23 bits per heavy atom. The van der Waals surface area contributed by atoms with Gasteiger partial charge in [0, 0.05) is 22.9 Å². The molecule has 0 radical (unpaired) electrons. The molecule has 2 aromatic rings. The Hall–Kier alpha value is -1.56. The number of carbonyl (C=O) groups is 1. The summed E-state index contributed by atoms with van der Waals surface area (Å²) in [4.78, 5) is 19.8. The summed E-state index contributed by atoms with van der Waals surface area (Å²) in [7, 11) is 0. The summed E-state index contributed by atoms with van der Waals surface area (Å²) in [6.07, 6.45) is 9.55. The molecule has 26 heavy (non-hydrogen) atoms. The molecule has 1 amide bonds. The summed E-state index contributed by atoms with van der Waals surface area (Å²) < 4.78 is 8.80. The Kier molecular flexibility index (Phi) is 4.49. The number of ether oxygens (including phenoxy) is 1. The third-order valence-corrected chi connectivity index (χ3v) is 5.94. The molecule has 3 heterocycles. The van der Waals surface area contributed by atoms with Crippen molar-refractivity contribution in [2.45, 2.75) is 70.6 Å². The van der Waals surface area contributed by atoms with E-state index in [0.717, 1.165) is 28.7 Å². The summed E-state index contributed by atoms with van der Waals surface area (Å²) in [5.41, 5.74) is 1.38. The van der Waals surface area contributed by atoms with Crippen LogP contribution in [0.25, 0.3) is 5.65 Å². The van der Waals surface area contributed by atoms with Gasteiger partial charge in [-0.3, -0.25) is 4.90 Å². The molecule has 0 bridgehead atoms. The van der Waals surface area contributed by atoms with Gasteiger partial charge in [0.25, 0.3) is 0 Å². The second-order valence-electron chi connectivity index (χ2n) is 8.53. The van der Waals surface area contributed by atoms with Gasteiger partial charge >= 0.3 is 6.09 Å². The normalized spacial score (nSPS) is 26.2. The van der Waals surface area contributed by atoms with Crippen LogP contribution in [0.1, 0.15) is 64.6 Å². The van der Waals surface area contributed by atoms with Gasteiger partial charge in [0.15, 0.2) is 0 Å². The Balaban J connectivity index is 1.70. The largest absolute Gasteiger partial charge is 0.444 e. The number of likely N-dealkylation sites (tertiary alicyclic amines) is 1. The Labute approximate surface area is 162 Å². The van der Waals surface area contributed by atoms with Gasteiger partial charge in [0.05, 0.1) is 11.7 Å². The number of aromatic nitrogens is 2. The first kappa shape index (κ1) is 17.8. The zero-order chi connectivity index (χ0) is 18.5. The van der Waals surface area contributed by atoms with E-state index < -0.39 is 5.60 Å². The third-order valence-electron chi connectivity index (χ3n) is 5.47. The summed E-state index contributed by atoms with van der Waals surface area (Å²) in [6.45, 7) is 5.78.